The second-order valence-corrected chi connectivity index (χ2v) is 7.59. The molecule has 0 radical (unpaired) electrons. The van der Waals surface area contributed by atoms with E-state index in [-0.39, 0.29) is 11.2 Å². The number of hydrogen-bond donors (Lipinski definition) is 0. The molecule has 0 saturated carbocycles. The van der Waals surface area contributed by atoms with Gasteiger partial charge in [-0.25, -0.2) is 0 Å². The Kier molecular flexibility index (Phi) is 5.93. The van der Waals surface area contributed by atoms with Gasteiger partial charge in [0, 0.05) is 12.7 Å². The zero-order valence-corrected chi connectivity index (χ0v) is 16.0. The monoisotopic (exact) mass is 375 g/mol. The van der Waals surface area contributed by atoms with E-state index in [2.05, 4.69) is 18.2 Å². The Labute approximate surface area is 157 Å². The molecular weight excluding hydrogens is 354 g/mol. The molecule has 1 fully saturated rings. The highest BCUT2D eigenvalue weighted by Crippen LogP contribution is 2.35. The summed E-state index contributed by atoms with van der Waals surface area (Å²) in [6.45, 7) is 3.55. The van der Waals surface area contributed by atoms with Gasteiger partial charge in [-0.05, 0) is 30.2 Å². The lowest BCUT2D eigenvalue weighted by Crippen LogP contribution is -2.34. The van der Waals surface area contributed by atoms with E-state index in [9.17, 15) is 4.79 Å². The molecule has 25 heavy (non-hydrogen) atoms. The summed E-state index contributed by atoms with van der Waals surface area (Å²) in [6, 6.07) is 12.2. The van der Waals surface area contributed by atoms with E-state index >= 15 is 0 Å². The number of benzene rings is 2. The first-order chi connectivity index (χ1) is 12.2. The van der Waals surface area contributed by atoms with Crippen molar-refractivity contribution in [3.05, 3.63) is 42.0 Å². The summed E-state index contributed by atoms with van der Waals surface area (Å²) >= 11 is 6.84. The summed E-state index contributed by atoms with van der Waals surface area (Å²) in [7, 11) is 1.62. The number of thioether (sulfide) groups is 1. The quantitative estimate of drug-likeness (QED) is 0.691. The average molecular weight is 376 g/mol. The van der Waals surface area contributed by atoms with Gasteiger partial charge in [-0.1, -0.05) is 54.3 Å². The maximum absolute atomic E-state index is 12.8. The fourth-order valence-electron chi connectivity index (χ4n) is 3.02. The van der Waals surface area contributed by atoms with Gasteiger partial charge in [-0.2, -0.15) is 0 Å². The molecule has 0 aliphatic carbocycles. The Morgan fingerprint density at radius 3 is 2.80 bits per heavy atom. The number of rotatable bonds is 7. The second-order valence-electron chi connectivity index (χ2n) is 5.76. The molecule has 0 bridgehead atoms. The van der Waals surface area contributed by atoms with Crippen molar-refractivity contribution in [1.29, 1.82) is 0 Å². The first kappa shape index (κ1) is 18.2. The molecule has 0 unspecified atom stereocenters. The molecule has 1 aliphatic rings. The Morgan fingerprint density at radius 2 is 2.04 bits per heavy atom. The highest BCUT2D eigenvalue weighted by Gasteiger charge is 2.37. The molecule has 2 aromatic carbocycles. The van der Waals surface area contributed by atoms with E-state index in [1.54, 1.807) is 12.0 Å². The van der Waals surface area contributed by atoms with Crippen LogP contribution < -0.4 is 4.74 Å². The highest BCUT2D eigenvalue weighted by atomic mass is 32.2. The lowest BCUT2D eigenvalue weighted by Gasteiger charge is -2.17. The summed E-state index contributed by atoms with van der Waals surface area (Å²) in [5.41, 5.74) is 1.07. The second kappa shape index (κ2) is 8.17. The van der Waals surface area contributed by atoms with Crippen molar-refractivity contribution in [1.82, 2.24) is 4.90 Å². The molecule has 132 valence electrons. The van der Waals surface area contributed by atoms with E-state index < -0.39 is 0 Å². The third-order valence-corrected chi connectivity index (χ3v) is 5.79. The molecule has 2 aromatic rings. The van der Waals surface area contributed by atoms with Crippen LogP contribution in [-0.2, 0) is 16.0 Å². The minimum absolute atomic E-state index is 0.0578. The molecular formula is C19H21NO3S2. The number of fused-ring (bicyclic) bond motifs is 1. The normalized spacial score (nSPS) is 17.5. The number of nitrogens with zero attached hydrogens (tertiary/aromatic N) is 1. The lowest BCUT2D eigenvalue weighted by atomic mass is 9.99. The predicted molar refractivity (Wildman–Crippen MR) is 106 cm³/mol. The van der Waals surface area contributed by atoms with Crippen LogP contribution in [0.25, 0.3) is 10.8 Å². The molecule has 6 heteroatoms. The maximum atomic E-state index is 12.8. The van der Waals surface area contributed by atoms with Crippen LogP contribution in [0, 0.1) is 0 Å². The first-order valence-corrected chi connectivity index (χ1v) is 9.58. The third kappa shape index (κ3) is 3.81. The summed E-state index contributed by atoms with van der Waals surface area (Å²) in [5, 5.41) is 2.06. The Balaban J connectivity index is 1.91. The van der Waals surface area contributed by atoms with Gasteiger partial charge in [-0.3, -0.25) is 9.69 Å². The highest BCUT2D eigenvalue weighted by molar-refractivity contribution is 8.24. The van der Waals surface area contributed by atoms with Crippen LogP contribution in [0.5, 0.6) is 5.75 Å². The van der Waals surface area contributed by atoms with Crippen molar-refractivity contribution >= 4 is 45.0 Å². The van der Waals surface area contributed by atoms with Gasteiger partial charge >= 0.3 is 0 Å². The minimum Gasteiger partial charge on any atom is -0.494 e. The summed E-state index contributed by atoms with van der Waals surface area (Å²) in [4.78, 5) is 14.4. The molecule has 3 rings (SSSR count). The zero-order valence-electron chi connectivity index (χ0n) is 14.4. The van der Waals surface area contributed by atoms with Crippen LogP contribution in [0.15, 0.2) is 36.4 Å². The van der Waals surface area contributed by atoms with Crippen molar-refractivity contribution < 1.29 is 14.3 Å². The van der Waals surface area contributed by atoms with Gasteiger partial charge in [0.2, 0.25) is 5.91 Å². The topological polar surface area (TPSA) is 38.8 Å². The van der Waals surface area contributed by atoms with Gasteiger partial charge in [0.05, 0.1) is 25.0 Å². The summed E-state index contributed by atoms with van der Waals surface area (Å²) < 4.78 is 11.5. The van der Waals surface area contributed by atoms with Crippen LogP contribution in [0.4, 0.5) is 0 Å². The maximum Gasteiger partial charge on any atom is 0.242 e. The van der Waals surface area contributed by atoms with Crippen molar-refractivity contribution in [2.45, 2.75) is 18.6 Å². The number of hydrogen-bond acceptors (Lipinski definition) is 5. The average Bonchev–Trinajstić information content (AvgIpc) is 2.88. The number of carbonyl (C=O) groups is 1. The molecule has 1 saturated heterocycles. The Morgan fingerprint density at radius 1 is 1.24 bits per heavy atom. The van der Waals surface area contributed by atoms with Gasteiger partial charge in [0.25, 0.3) is 0 Å². The van der Waals surface area contributed by atoms with Crippen molar-refractivity contribution in [2.24, 2.45) is 0 Å². The van der Waals surface area contributed by atoms with E-state index in [0.29, 0.717) is 30.5 Å². The van der Waals surface area contributed by atoms with Gasteiger partial charge in [0.15, 0.2) is 0 Å². The van der Waals surface area contributed by atoms with Crippen molar-refractivity contribution in [2.75, 3.05) is 26.9 Å². The van der Waals surface area contributed by atoms with Gasteiger partial charge < -0.3 is 9.47 Å². The number of ether oxygens (including phenoxy) is 2. The number of methoxy groups -OCH3 is 1. The molecule has 1 heterocycles. The predicted octanol–water partition coefficient (Wildman–Crippen LogP) is 3.66. The molecule has 0 aromatic heterocycles. The fourth-order valence-corrected chi connectivity index (χ4v) is 4.57. The van der Waals surface area contributed by atoms with E-state index in [1.165, 1.54) is 11.8 Å². The molecule has 1 aliphatic heterocycles. The van der Waals surface area contributed by atoms with Crippen molar-refractivity contribution in [3.8, 4) is 5.75 Å². The Bertz CT molecular complexity index is 793. The van der Waals surface area contributed by atoms with E-state index in [1.807, 2.05) is 25.1 Å². The largest absolute Gasteiger partial charge is 0.494 e. The SMILES string of the molecule is CCOc1ccc2ccccc2c1C[C@@H]1SC(=S)N(CCOC)C1=O. The Hall–Kier alpha value is -1.63. The van der Waals surface area contributed by atoms with Crippen LogP contribution in [0.2, 0.25) is 0 Å². The summed E-state index contributed by atoms with van der Waals surface area (Å²) in [6.07, 6.45) is 0.601. The van der Waals surface area contributed by atoms with Crippen LogP contribution >= 0.6 is 24.0 Å². The van der Waals surface area contributed by atoms with Gasteiger partial charge in [-0.15, -0.1) is 0 Å². The van der Waals surface area contributed by atoms with Gasteiger partial charge in [0.1, 0.15) is 10.1 Å². The van der Waals surface area contributed by atoms with Crippen LogP contribution in [-0.4, -0.2) is 47.2 Å². The standard InChI is InChI=1S/C19H21NO3S2/c1-3-23-16-9-8-13-6-4-5-7-14(13)15(16)12-17-18(21)20(10-11-22-2)19(24)25-17/h4-9,17H,3,10-12H2,1-2H3/t17-/m0/s1. The lowest BCUT2D eigenvalue weighted by molar-refractivity contribution is -0.126. The molecule has 1 atom stereocenters. The van der Waals surface area contributed by atoms with Crippen LogP contribution in [0.3, 0.4) is 0 Å². The van der Waals surface area contributed by atoms with E-state index in [0.717, 1.165) is 22.1 Å². The first-order valence-electron chi connectivity index (χ1n) is 8.30. The number of carbonyl (C=O) groups excluding carboxylic acids is 1. The fraction of sp³-hybridized carbons (Fsp3) is 0.368. The molecule has 4 nitrogen and oxygen atoms in total. The van der Waals surface area contributed by atoms with Crippen LogP contribution in [0.1, 0.15) is 12.5 Å². The smallest absolute Gasteiger partial charge is 0.242 e. The zero-order chi connectivity index (χ0) is 17.8. The van der Waals surface area contributed by atoms with E-state index in [4.69, 9.17) is 21.7 Å². The van der Waals surface area contributed by atoms with Crippen molar-refractivity contribution in [3.63, 3.8) is 0 Å². The molecule has 0 N–H and O–H groups in total. The molecule has 0 spiro atoms. The number of thiocarbonyl (C=S) groups is 1. The summed E-state index contributed by atoms with van der Waals surface area (Å²) in [5.74, 6) is 0.901. The third-order valence-electron chi connectivity index (χ3n) is 4.21. The number of amides is 1. The minimum atomic E-state index is -0.214. The molecule has 1 amide bonds.